The molecule has 1 saturated heterocycles. The minimum Gasteiger partial charge on any atom is -0.335 e. The van der Waals surface area contributed by atoms with Crippen molar-refractivity contribution in [3.05, 3.63) is 65.7 Å². The summed E-state index contributed by atoms with van der Waals surface area (Å²) in [5.41, 5.74) is 1.34. The predicted octanol–water partition coefficient (Wildman–Crippen LogP) is 2.17. The van der Waals surface area contributed by atoms with Crippen molar-refractivity contribution >= 4 is 22.0 Å². The first-order valence-corrected chi connectivity index (χ1v) is 11.6. The number of hydrogen-bond acceptors (Lipinski definition) is 4. The molecule has 0 aliphatic carbocycles. The van der Waals surface area contributed by atoms with Gasteiger partial charge in [0, 0.05) is 45.8 Å². The highest BCUT2D eigenvalue weighted by molar-refractivity contribution is 7.89. The summed E-state index contributed by atoms with van der Waals surface area (Å²) < 4.78 is 25.9. The van der Waals surface area contributed by atoms with E-state index < -0.39 is 10.0 Å². The quantitative estimate of drug-likeness (QED) is 0.765. The molecule has 1 atom stereocenters. The number of hydrogen-bond donors (Lipinski definition) is 1. The van der Waals surface area contributed by atoms with E-state index in [1.54, 1.807) is 40.1 Å². The van der Waals surface area contributed by atoms with Crippen LogP contribution in [0.3, 0.4) is 0 Å². The van der Waals surface area contributed by atoms with Crippen LogP contribution in [-0.4, -0.2) is 74.7 Å². The smallest absolute Gasteiger partial charge is 0.317 e. The molecule has 0 spiro atoms. The number of carbonyl (C=O) groups excluding carboxylic acids is 2. The third-order valence-electron chi connectivity index (χ3n) is 5.35. The van der Waals surface area contributed by atoms with Crippen LogP contribution in [-0.2, 0) is 10.0 Å². The summed E-state index contributed by atoms with van der Waals surface area (Å²) in [4.78, 5) is 28.9. The molecule has 3 amide bonds. The van der Waals surface area contributed by atoms with Crippen LogP contribution in [0.25, 0.3) is 0 Å². The SMILES string of the molecule is CC(NC(=O)N1CCN(C(=O)c2ccccc2)CC1)c1cccc(S(=O)(=O)N(C)C)c1. The van der Waals surface area contributed by atoms with Gasteiger partial charge in [0.1, 0.15) is 0 Å². The highest BCUT2D eigenvalue weighted by atomic mass is 32.2. The lowest BCUT2D eigenvalue weighted by atomic mass is 10.1. The van der Waals surface area contributed by atoms with Crippen LogP contribution in [0.4, 0.5) is 4.79 Å². The summed E-state index contributed by atoms with van der Waals surface area (Å²) >= 11 is 0. The Labute approximate surface area is 183 Å². The molecule has 1 N–H and O–H groups in total. The van der Waals surface area contributed by atoms with Crippen molar-refractivity contribution in [3.8, 4) is 0 Å². The van der Waals surface area contributed by atoms with E-state index in [2.05, 4.69) is 5.32 Å². The lowest BCUT2D eigenvalue weighted by Crippen LogP contribution is -2.53. The minimum atomic E-state index is -3.55. The Morgan fingerprint density at radius 2 is 1.55 bits per heavy atom. The van der Waals surface area contributed by atoms with Crippen LogP contribution in [0, 0.1) is 0 Å². The zero-order valence-corrected chi connectivity index (χ0v) is 18.8. The van der Waals surface area contributed by atoms with Crippen molar-refractivity contribution in [2.24, 2.45) is 0 Å². The zero-order valence-electron chi connectivity index (χ0n) is 18.0. The molecule has 1 aliphatic rings. The summed E-state index contributed by atoms with van der Waals surface area (Å²) in [5.74, 6) is -0.0343. The van der Waals surface area contributed by atoms with Gasteiger partial charge in [-0.25, -0.2) is 17.5 Å². The summed E-state index contributed by atoms with van der Waals surface area (Å²) in [5, 5.41) is 2.92. The topological polar surface area (TPSA) is 90.0 Å². The fraction of sp³-hybridized carbons (Fsp3) is 0.364. The monoisotopic (exact) mass is 444 g/mol. The van der Waals surface area contributed by atoms with Crippen molar-refractivity contribution in [3.63, 3.8) is 0 Å². The molecule has 0 bridgehead atoms. The fourth-order valence-corrected chi connectivity index (χ4v) is 4.35. The van der Waals surface area contributed by atoms with Crippen molar-refractivity contribution in [1.82, 2.24) is 19.4 Å². The number of nitrogens with one attached hydrogen (secondary N) is 1. The minimum absolute atomic E-state index is 0.0343. The largest absolute Gasteiger partial charge is 0.335 e. The zero-order chi connectivity index (χ0) is 22.6. The Hall–Kier alpha value is -2.91. The highest BCUT2D eigenvalue weighted by Crippen LogP contribution is 2.20. The number of amides is 3. The van der Waals surface area contributed by atoms with Crippen LogP contribution >= 0.6 is 0 Å². The Balaban J connectivity index is 1.58. The van der Waals surface area contributed by atoms with E-state index in [0.29, 0.717) is 37.3 Å². The highest BCUT2D eigenvalue weighted by Gasteiger charge is 2.26. The molecule has 1 heterocycles. The van der Waals surface area contributed by atoms with Crippen molar-refractivity contribution in [1.29, 1.82) is 0 Å². The first kappa shape index (κ1) is 22.8. The van der Waals surface area contributed by atoms with Crippen LogP contribution in [0.2, 0.25) is 0 Å². The van der Waals surface area contributed by atoms with Gasteiger partial charge in [-0.15, -0.1) is 0 Å². The van der Waals surface area contributed by atoms with Gasteiger partial charge in [-0.05, 0) is 36.8 Å². The molecule has 3 rings (SSSR count). The normalized spacial score (nSPS) is 15.6. The molecule has 2 aromatic rings. The maximum Gasteiger partial charge on any atom is 0.317 e. The molecular formula is C22H28N4O4S. The average Bonchev–Trinajstić information content (AvgIpc) is 2.79. The Bertz CT molecular complexity index is 1030. The first-order chi connectivity index (χ1) is 14.7. The number of carbonyl (C=O) groups is 2. The van der Waals surface area contributed by atoms with Gasteiger partial charge in [-0.3, -0.25) is 4.79 Å². The van der Waals surface area contributed by atoms with E-state index in [1.807, 2.05) is 25.1 Å². The molecule has 1 fully saturated rings. The number of nitrogens with zero attached hydrogens (tertiary/aromatic N) is 3. The maximum atomic E-state index is 12.7. The lowest BCUT2D eigenvalue weighted by Gasteiger charge is -2.35. The van der Waals surface area contributed by atoms with Crippen LogP contribution in [0.15, 0.2) is 59.5 Å². The molecule has 0 aromatic heterocycles. The van der Waals surface area contributed by atoms with Gasteiger partial charge >= 0.3 is 6.03 Å². The van der Waals surface area contributed by atoms with Gasteiger partial charge in [-0.1, -0.05) is 30.3 Å². The average molecular weight is 445 g/mol. The molecule has 1 aliphatic heterocycles. The lowest BCUT2D eigenvalue weighted by molar-refractivity contribution is 0.0663. The second-order valence-corrected chi connectivity index (χ2v) is 9.83. The summed E-state index contributed by atoms with van der Waals surface area (Å²) in [6.45, 7) is 3.62. The van der Waals surface area contributed by atoms with E-state index in [1.165, 1.54) is 20.2 Å². The fourth-order valence-electron chi connectivity index (χ4n) is 3.39. The van der Waals surface area contributed by atoms with Crippen LogP contribution in [0.1, 0.15) is 28.9 Å². The van der Waals surface area contributed by atoms with Gasteiger partial charge in [0.2, 0.25) is 10.0 Å². The number of benzene rings is 2. The van der Waals surface area contributed by atoms with E-state index >= 15 is 0 Å². The Morgan fingerprint density at radius 3 is 2.16 bits per heavy atom. The van der Waals surface area contributed by atoms with Gasteiger partial charge in [0.05, 0.1) is 10.9 Å². The van der Waals surface area contributed by atoms with Crippen molar-refractivity contribution < 1.29 is 18.0 Å². The number of urea groups is 1. The summed E-state index contributed by atoms with van der Waals surface area (Å²) in [6.07, 6.45) is 0. The molecule has 2 aromatic carbocycles. The molecular weight excluding hydrogens is 416 g/mol. The third kappa shape index (κ3) is 5.23. The molecule has 9 heteroatoms. The standard InChI is InChI=1S/C22H28N4O4S/c1-17(19-10-7-11-20(16-19)31(29,30)24(2)3)23-22(28)26-14-12-25(13-15-26)21(27)18-8-5-4-6-9-18/h4-11,16-17H,12-15H2,1-3H3,(H,23,28). The van der Waals surface area contributed by atoms with E-state index in [4.69, 9.17) is 0 Å². The van der Waals surface area contributed by atoms with E-state index in [0.717, 1.165) is 4.31 Å². The molecule has 8 nitrogen and oxygen atoms in total. The second kappa shape index (κ2) is 9.49. The van der Waals surface area contributed by atoms with Crippen molar-refractivity contribution in [2.75, 3.05) is 40.3 Å². The van der Waals surface area contributed by atoms with Gasteiger partial charge in [0.25, 0.3) is 5.91 Å². The molecule has 166 valence electrons. The maximum absolute atomic E-state index is 12.7. The summed E-state index contributed by atoms with van der Waals surface area (Å²) in [7, 11) is -0.583. The van der Waals surface area contributed by atoms with Crippen LogP contribution in [0.5, 0.6) is 0 Å². The first-order valence-electron chi connectivity index (χ1n) is 10.1. The molecule has 0 radical (unpaired) electrons. The molecule has 31 heavy (non-hydrogen) atoms. The number of rotatable bonds is 5. The molecule has 1 unspecified atom stereocenters. The third-order valence-corrected chi connectivity index (χ3v) is 7.16. The van der Waals surface area contributed by atoms with Gasteiger partial charge < -0.3 is 15.1 Å². The van der Waals surface area contributed by atoms with E-state index in [9.17, 15) is 18.0 Å². The number of sulfonamides is 1. The predicted molar refractivity (Wildman–Crippen MR) is 118 cm³/mol. The summed E-state index contributed by atoms with van der Waals surface area (Å²) in [6, 6.07) is 15.1. The van der Waals surface area contributed by atoms with E-state index in [-0.39, 0.29) is 22.9 Å². The second-order valence-electron chi connectivity index (χ2n) is 7.68. The Morgan fingerprint density at radius 1 is 0.935 bits per heavy atom. The Kier molecular flexibility index (Phi) is 6.97. The van der Waals surface area contributed by atoms with Gasteiger partial charge in [0.15, 0.2) is 0 Å². The molecule has 0 saturated carbocycles. The van der Waals surface area contributed by atoms with Crippen molar-refractivity contribution in [2.45, 2.75) is 17.9 Å². The van der Waals surface area contributed by atoms with Crippen LogP contribution < -0.4 is 5.32 Å². The van der Waals surface area contributed by atoms with Gasteiger partial charge in [-0.2, -0.15) is 0 Å². The number of piperazine rings is 1.